The monoisotopic (exact) mass is 343 g/mol. The van der Waals surface area contributed by atoms with E-state index in [9.17, 15) is 4.79 Å². The molecule has 0 aliphatic carbocycles. The minimum atomic E-state index is -0.256. The standard InChI is InChI=1S/C17H25N7O/c1-11-9-12(2)24(22-11)8-6-7-18-14-15-20-21-16(25)23(15)10-13(19-14)17(3,4)5/h9-10H,6-8H2,1-5H3,(H,18,19)(H,21,25). The Morgan fingerprint density at radius 2 is 2.04 bits per heavy atom. The molecule has 8 nitrogen and oxygen atoms in total. The van der Waals surface area contributed by atoms with E-state index in [0.717, 1.165) is 36.6 Å². The fourth-order valence-electron chi connectivity index (χ4n) is 2.73. The molecule has 134 valence electrons. The first-order valence-corrected chi connectivity index (χ1v) is 8.49. The van der Waals surface area contributed by atoms with Gasteiger partial charge in [-0.25, -0.2) is 19.3 Å². The Kier molecular flexibility index (Phi) is 4.36. The van der Waals surface area contributed by atoms with Crippen molar-refractivity contribution >= 4 is 11.5 Å². The molecule has 0 aliphatic heterocycles. The molecule has 0 amide bonds. The lowest BCUT2D eigenvalue weighted by molar-refractivity contribution is 0.562. The molecule has 0 spiro atoms. The summed E-state index contributed by atoms with van der Waals surface area (Å²) >= 11 is 0. The van der Waals surface area contributed by atoms with Gasteiger partial charge < -0.3 is 5.32 Å². The number of nitrogens with zero attached hydrogens (tertiary/aromatic N) is 5. The maximum atomic E-state index is 11.9. The van der Waals surface area contributed by atoms with E-state index >= 15 is 0 Å². The molecule has 3 aromatic rings. The van der Waals surface area contributed by atoms with Gasteiger partial charge in [-0.15, -0.1) is 5.10 Å². The number of aryl methyl sites for hydroxylation is 3. The molecule has 0 atom stereocenters. The van der Waals surface area contributed by atoms with Gasteiger partial charge in [-0.3, -0.25) is 4.68 Å². The van der Waals surface area contributed by atoms with Crippen LogP contribution < -0.4 is 11.0 Å². The topological polar surface area (TPSA) is 92.9 Å². The highest BCUT2D eigenvalue weighted by atomic mass is 16.1. The lowest BCUT2D eigenvalue weighted by atomic mass is 9.93. The highest BCUT2D eigenvalue weighted by Gasteiger charge is 2.19. The van der Waals surface area contributed by atoms with Gasteiger partial charge in [0, 0.05) is 30.4 Å². The summed E-state index contributed by atoms with van der Waals surface area (Å²) in [5.41, 5.74) is 3.13. The molecule has 3 aromatic heterocycles. The van der Waals surface area contributed by atoms with E-state index in [0.29, 0.717) is 11.5 Å². The first-order chi connectivity index (χ1) is 11.8. The lowest BCUT2D eigenvalue weighted by Crippen LogP contribution is -2.20. The largest absolute Gasteiger partial charge is 0.367 e. The summed E-state index contributed by atoms with van der Waals surface area (Å²) < 4.78 is 3.52. The molecule has 0 saturated heterocycles. The molecular formula is C17H25N7O. The van der Waals surface area contributed by atoms with Gasteiger partial charge in [0.15, 0.2) is 5.82 Å². The first kappa shape index (κ1) is 17.2. The summed E-state index contributed by atoms with van der Waals surface area (Å²) in [4.78, 5) is 16.6. The summed E-state index contributed by atoms with van der Waals surface area (Å²) in [6, 6.07) is 2.07. The van der Waals surface area contributed by atoms with Crippen LogP contribution in [0.4, 0.5) is 5.82 Å². The number of H-pyrrole nitrogens is 1. The molecule has 0 radical (unpaired) electrons. The van der Waals surface area contributed by atoms with Crippen molar-refractivity contribution in [3.05, 3.63) is 39.8 Å². The number of anilines is 1. The first-order valence-electron chi connectivity index (χ1n) is 8.49. The van der Waals surface area contributed by atoms with Crippen LogP contribution in [0.5, 0.6) is 0 Å². The Morgan fingerprint density at radius 3 is 2.68 bits per heavy atom. The van der Waals surface area contributed by atoms with E-state index in [-0.39, 0.29) is 11.1 Å². The third kappa shape index (κ3) is 3.57. The molecule has 0 unspecified atom stereocenters. The number of rotatable bonds is 5. The number of nitrogens with one attached hydrogen (secondary N) is 2. The Bertz CT molecular complexity index is 942. The number of hydrogen-bond donors (Lipinski definition) is 2. The van der Waals surface area contributed by atoms with Crippen LogP contribution in [0.1, 0.15) is 44.3 Å². The Hall–Kier alpha value is -2.64. The summed E-state index contributed by atoms with van der Waals surface area (Å²) in [6.07, 6.45) is 2.65. The molecule has 25 heavy (non-hydrogen) atoms. The van der Waals surface area contributed by atoms with E-state index in [1.807, 2.05) is 11.6 Å². The van der Waals surface area contributed by atoms with Gasteiger partial charge in [0.2, 0.25) is 5.65 Å². The predicted molar refractivity (Wildman–Crippen MR) is 97.1 cm³/mol. The number of aromatic amines is 1. The van der Waals surface area contributed by atoms with Crippen LogP contribution >= 0.6 is 0 Å². The summed E-state index contributed by atoms with van der Waals surface area (Å²) in [7, 11) is 0. The van der Waals surface area contributed by atoms with Gasteiger partial charge >= 0.3 is 5.69 Å². The smallest absolute Gasteiger partial charge is 0.347 e. The second-order valence-corrected chi connectivity index (χ2v) is 7.38. The van der Waals surface area contributed by atoms with Crippen molar-refractivity contribution in [3.63, 3.8) is 0 Å². The molecule has 3 heterocycles. The van der Waals surface area contributed by atoms with Gasteiger partial charge in [0.25, 0.3) is 0 Å². The van der Waals surface area contributed by atoms with E-state index in [2.05, 4.69) is 59.4 Å². The third-order valence-corrected chi connectivity index (χ3v) is 4.11. The van der Waals surface area contributed by atoms with Crippen LogP contribution in [0, 0.1) is 13.8 Å². The maximum Gasteiger partial charge on any atom is 0.347 e. The SMILES string of the molecule is Cc1cc(C)n(CCCNc2nc(C(C)(C)C)cn3c(=O)[nH]nc23)n1. The minimum Gasteiger partial charge on any atom is -0.367 e. The van der Waals surface area contributed by atoms with Crippen molar-refractivity contribution in [3.8, 4) is 0 Å². The van der Waals surface area contributed by atoms with Gasteiger partial charge in [-0.05, 0) is 26.3 Å². The molecule has 3 rings (SSSR count). The number of hydrogen-bond acceptors (Lipinski definition) is 5. The molecule has 0 aliphatic rings. The average Bonchev–Trinajstić information content (AvgIpc) is 3.05. The summed E-state index contributed by atoms with van der Waals surface area (Å²) in [6.45, 7) is 11.8. The van der Waals surface area contributed by atoms with E-state index in [1.165, 1.54) is 4.40 Å². The van der Waals surface area contributed by atoms with Crippen LogP contribution in [0.3, 0.4) is 0 Å². The van der Waals surface area contributed by atoms with E-state index in [1.54, 1.807) is 6.20 Å². The van der Waals surface area contributed by atoms with Gasteiger partial charge in [-0.2, -0.15) is 5.10 Å². The average molecular weight is 343 g/mol. The molecule has 0 aromatic carbocycles. The molecule has 8 heteroatoms. The van der Waals surface area contributed by atoms with Crippen LogP contribution in [-0.4, -0.2) is 35.9 Å². The molecule has 0 saturated carbocycles. The molecule has 0 bridgehead atoms. The van der Waals surface area contributed by atoms with Gasteiger partial charge in [-0.1, -0.05) is 20.8 Å². The van der Waals surface area contributed by atoms with Crippen LogP contribution in [0.2, 0.25) is 0 Å². The van der Waals surface area contributed by atoms with Crippen molar-refractivity contribution < 1.29 is 0 Å². The quantitative estimate of drug-likeness (QED) is 0.692. The van der Waals surface area contributed by atoms with E-state index < -0.39 is 0 Å². The zero-order valence-corrected chi connectivity index (χ0v) is 15.4. The van der Waals surface area contributed by atoms with Crippen LogP contribution in [-0.2, 0) is 12.0 Å². The zero-order chi connectivity index (χ0) is 18.2. The fourth-order valence-corrected chi connectivity index (χ4v) is 2.73. The Labute approximate surface area is 146 Å². The lowest BCUT2D eigenvalue weighted by Gasteiger charge is -2.19. The second kappa shape index (κ2) is 6.34. The predicted octanol–water partition coefficient (Wildman–Crippen LogP) is 2.03. The van der Waals surface area contributed by atoms with Crippen molar-refractivity contribution in [2.45, 2.75) is 53.0 Å². The van der Waals surface area contributed by atoms with Gasteiger partial charge in [0.1, 0.15) is 0 Å². The van der Waals surface area contributed by atoms with Crippen LogP contribution in [0.25, 0.3) is 5.65 Å². The van der Waals surface area contributed by atoms with Gasteiger partial charge in [0.05, 0.1) is 11.4 Å². The number of fused-ring (bicyclic) bond motifs is 1. The van der Waals surface area contributed by atoms with Crippen molar-refractivity contribution in [1.29, 1.82) is 0 Å². The fraction of sp³-hybridized carbons (Fsp3) is 0.529. The zero-order valence-electron chi connectivity index (χ0n) is 15.4. The van der Waals surface area contributed by atoms with Crippen molar-refractivity contribution in [1.82, 2.24) is 29.4 Å². The van der Waals surface area contributed by atoms with E-state index in [4.69, 9.17) is 0 Å². The third-order valence-electron chi connectivity index (χ3n) is 4.11. The second-order valence-electron chi connectivity index (χ2n) is 7.38. The molecule has 2 N–H and O–H groups in total. The highest BCUT2D eigenvalue weighted by Crippen LogP contribution is 2.22. The summed E-state index contributed by atoms with van der Waals surface area (Å²) in [5.74, 6) is 0.624. The van der Waals surface area contributed by atoms with Crippen LogP contribution in [0.15, 0.2) is 17.1 Å². The summed E-state index contributed by atoms with van der Waals surface area (Å²) in [5, 5.41) is 14.3. The Balaban J connectivity index is 1.76. The number of aromatic nitrogens is 6. The normalized spacial score (nSPS) is 12.0. The minimum absolute atomic E-state index is 0.162. The molecule has 0 fully saturated rings. The maximum absolute atomic E-state index is 11.9. The molecular weight excluding hydrogens is 318 g/mol. The highest BCUT2D eigenvalue weighted by molar-refractivity contribution is 5.62. The van der Waals surface area contributed by atoms with Crippen molar-refractivity contribution in [2.75, 3.05) is 11.9 Å². The Morgan fingerprint density at radius 1 is 1.28 bits per heavy atom. The van der Waals surface area contributed by atoms with Crippen molar-refractivity contribution in [2.24, 2.45) is 0 Å².